The van der Waals surface area contributed by atoms with Crippen LogP contribution in [-0.2, 0) is 6.42 Å². The Bertz CT molecular complexity index is 892. The summed E-state index contributed by atoms with van der Waals surface area (Å²) in [6, 6.07) is 24.7. The smallest absolute Gasteiger partial charge is 0.163 e. The highest BCUT2D eigenvalue weighted by Crippen LogP contribution is 2.33. The van der Waals surface area contributed by atoms with Crippen molar-refractivity contribution in [3.63, 3.8) is 0 Å². The summed E-state index contributed by atoms with van der Waals surface area (Å²) in [4.78, 5) is 12.4. The van der Waals surface area contributed by atoms with Gasteiger partial charge in [-0.3, -0.25) is 4.79 Å². The van der Waals surface area contributed by atoms with Crippen LogP contribution in [0.15, 0.2) is 72.8 Å². The van der Waals surface area contributed by atoms with Gasteiger partial charge in [-0.15, -0.1) is 0 Å². The molecule has 0 N–H and O–H groups in total. The van der Waals surface area contributed by atoms with Crippen molar-refractivity contribution in [2.24, 2.45) is 0 Å². The number of rotatable bonds is 3. The Balaban J connectivity index is 1.57. The maximum Gasteiger partial charge on any atom is 0.163 e. The molecule has 4 rings (SSSR count). The van der Waals surface area contributed by atoms with Gasteiger partial charge >= 0.3 is 0 Å². The molecule has 1 aliphatic carbocycles. The number of fused-ring (bicyclic) bond motifs is 1. The van der Waals surface area contributed by atoms with Crippen molar-refractivity contribution < 1.29 is 9.53 Å². The van der Waals surface area contributed by atoms with E-state index < -0.39 is 0 Å². The highest BCUT2D eigenvalue weighted by atomic mass is 16.5. The summed E-state index contributed by atoms with van der Waals surface area (Å²) >= 11 is 0. The third kappa shape index (κ3) is 3.08. The molecule has 1 aliphatic rings. The zero-order valence-electron chi connectivity index (χ0n) is 14.2. The number of ketones is 1. The van der Waals surface area contributed by atoms with Gasteiger partial charge in [0.05, 0.1) is 7.11 Å². The summed E-state index contributed by atoms with van der Waals surface area (Å²) in [5, 5.41) is 0. The lowest BCUT2D eigenvalue weighted by Gasteiger charge is -2.24. The van der Waals surface area contributed by atoms with Gasteiger partial charge in [-0.2, -0.15) is 0 Å². The Morgan fingerprint density at radius 1 is 0.800 bits per heavy atom. The highest BCUT2D eigenvalue weighted by molar-refractivity contribution is 5.99. The predicted octanol–water partition coefficient (Wildman–Crippen LogP) is 5.27. The minimum atomic E-state index is 0.256. The topological polar surface area (TPSA) is 26.3 Å². The number of Topliss-reactive ketones (excluding diaryl/α,β-unsaturated/α-hetero) is 1. The van der Waals surface area contributed by atoms with Crippen LogP contribution >= 0.6 is 0 Å². The molecule has 25 heavy (non-hydrogen) atoms. The van der Waals surface area contributed by atoms with E-state index in [2.05, 4.69) is 42.5 Å². The Labute approximate surface area is 148 Å². The first-order valence-electron chi connectivity index (χ1n) is 8.60. The molecule has 0 bridgehead atoms. The fourth-order valence-electron chi connectivity index (χ4n) is 3.61. The molecule has 2 nitrogen and oxygen atoms in total. The molecule has 1 atom stereocenters. The molecule has 124 valence electrons. The third-order valence-electron chi connectivity index (χ3n) is 5.02. The lowest BCUT2D eigenvalue weighted by Crippen LogP contribution is -2.18. The van der Waals surface area contributed by atoms with E-state index in [-0.39, 0.29) is 11.7 Å². The van der Waals surface area contributed by atoms with Crippen molar-refractivity contribution in [3.8, 4) is 16.9 Å². The summed E-state index contributed by atoms with van der Waals surface area (Å²) in [7, 11) is 1.67. The normalized spacial score (nSPS) is 16.4. The second kappa shape index (κ2) is 6.56. The van der Waals surface area contributed by atoms with E-state index in [1.165, 1.54) is 16.7 Å². The Hall–Kier alpha value is -2.87. The van der Waals surface area contributed by atoms with E-state index >= 15 is 0 Å². The second-order valence-electron chi connectivity index (χ2n) is 6.54. The minimum Gasteiger partial charge on any atom is -0.497 e. The molecule has 0 saturated carbocycles. The fourth-order valence-corrected chi connectivity index (χ4v) is 3.61. The molecule has 3 aromatic carbocycles. The van der Waals surface area contributed by atoms with E-state index in [1.54, 1.807) is 7.11 Å². The standard InChI is InChI=1S/C23H20O2/c1-25-21-12-10-17(11-13-21)16-6-8-18(9-7-16)20-14-19-4-2-3-5-22(19)23(24)15-20/h2-13,20H,14-15H2,1H3. The number of ether oxygens (including phenoxy) is 1. The van der Waals surface area contributed by atoms with Gasteiger partial charge in [0.25, 0.3) is 0 Å². The van der Waals surface area contributed by atoms with Crippen LogP contribution in [0, 0.1) is 0 Å². The van der Waals surface area contributed by atoms with Crippen LogP contribution in [0.4, 0.5) is 0 Å². The number of carbonyl (C=O) groups excluding carboxylic acids is 1. The summed E-state index contributed by atoms with van der Waals surface area (Å²) in [5.74, 6) is 1.39. The molecule has 3 aromatic rings. The van der Waals surface area contributed by atoms with E-state index in [0.717, 1.165) is 23.3 Å². The van der Waals surface area contributed by atoms with Crippen molar-refractivity contribution in [3.05, 3.63) is 89.5 Å². The highest BCUT2D eigenvalue weighted by Gasteiger charge is 2.25. The molecule has 1 unspecified atom stereocenters. The van der Waals surface area contributed by atoms with Gasteiger partial charge in [-0.05, 0) is 46.7 Å². The Morgan fingerprint density at radius 3 is 2.12 bits per heavy atom. The maximum absolute atomic E-state index is 12.4. The largest absolute Gasteiger partial charge is 0.497 e. The minimum absolute atomic E-state index is 0.256. The first-order chi connectivity index (χ1) is 12.2. The van der Waals surface area contributed by atoms with Crippen molar-refractivity contribution in [2.75, 3.05) is 7.11 Å². The Morgan fingerprint density at radius 2 is 1.44 bits per heavy atom. The Kier molecular flexibility index (Phi) is 4.10. The molecule has 0 aliphatic heterocycles. The summed E-state index contributed by atoms with van der Waals surface area (Å²) in [6.45, 7) is 0. The molecule has 0 amide bonds. The first-order valence-corrected chi connectivity index (χ1v) is 8.60. The van der Waals surface area contributed by atoms with E-state index in [1.807, 2.05) is 30.3 Å². The lowest BCUT2D eigenvalue weighted by atomic mass is 9.79. The van der Waals surface area contributed by atoms with Gasteiger partial charge in [0.2, 0.25) is 0 Å². The molecule has 0 saturated heterocycles. The van der Waals surface area contributed by atoms with E-state index in [9.17, 15) is 4.79 Å². The van der Waals surface area contributed by atoms with Crippen LogP contribution in [0.1, 0.15) is 33.8 Å². The van der Waals surface area contributed by atoms with Gasteiger partial charge in [0.15, 0.2) is 5.78 Å². The first kappa shape index (κ1) is 15.6. The number of carbonyl (C=O) groups is 1. The third-order valence-corrected chi connectivity index (χ3v) is 5.02. The zero-order chi connectivity index (χ0) is 17.2. The van der Waals surface area contributed by atoms with E-state index in [0.29, 0.717) is 6.42 Å². The second-order valence-corrected chi connectivity index (χ2v) is 6.54. The number of methoxy groups -OCH3 is 1. The predicted molar refractivity (Wildman–Crippen MR) is 100 cm³/mol. The molecule has 0 radical (unpaired) electrons. The fraction of sp³-hybridized carbons (Fsp3) is 0.174. The van der Waals surface area contributed by atoms with Crippen LogP contribution in [0.3, 0.4) is 0 Å². The molecular formula is C23H20O2. The quantitative estimate of drug-likeness (QED) is 0.654. The van der Waals surface area contributed by atoms with Crippen LogP contribution in [0.2, 0.25) is 0 Å². The van der Waals surface area contributed by atoms with Gasteiger partial charge in [-0.25, -0.2) is 0 Å². The number of hydrogen-bond donors (Lipinski definition) is 0. The molecule has 0 heterocycles. The number of hydrogen-bond acceptors (Lipinski definition) is 2. The van der Waals surface area contributed by atoms with Crippen LogP contribution in [0.25, 0.3) is 11.1 Å². The van der Waals surface area contributed by atoms with Crippen LogP contribution in [-0.4, -0.2) is 12.9 Å². The SMILES string of the molecule is COc1ccc(-c2ccc(C3CC(=O)c4ccccc4C3)cc2)cc1. The van der Waals surface area contributed by atoms with E-state index in [4.69, 9.17) is 4.74 Å². The lowest BCUT2D eigenvalue weighted by molar-refractivity contribution is 0.0964. The van der Waals surface area contributed by atoms with Gasteiger partial charge in [0, 0.05) is 12.0 Å². The molecule has 2 heteroatoms. The van der Waals surface area contributed by atoms with Gasteiger partial charge in [-0.1, -0.05) is 60.7 Å². The average molecular weight is 328 g/mol. The van der Waals surface area contributed by atoms with Crippen molar-refractivity contribution >= 4 is 5.78 Å². The molecule has 0 aromatic heterocycles. The summed E-state index contributed by atoms with van der Waals surface area (Å²) in [5.41, 5.74) is 5.64. The van der Waals surface area contributed by atoms with Gasteiger partial charge in [0.1, 0.15) is 5.75 Å². The van der Waals surface area contributed by atoms with Crippen molar-refractivity contribution in [1.29, 1.82) is 0 Å². The molecule has 0 fully saturated rings. The summed E-state index contributed by atoms with van der Waals surface area (Å²) < 4.78 is 5.21. The monoisotopic (exact) mass is 328 g/mol. The molecule has 0 spiro atoms. The zero-order valence-corrected chi connectivity index (χ0v) is 14.2. The van der Waals surface area contributed by atoms with Crippen LogP contribution < -0.4 is 4.74 Å². The van der Waals surface area contributed by atoms with Crippen molar-refractivity contribution in [1.82, 2.24) is 0 Å². The number of benzene rings is 3. The van der Waals surface area contributed by atoms with Crippen molar-refractivity contribution in [2.45, 2.75) is 18.8 Å². The summed E-state index contributed by atoms with van der Waals surface area (Å²) in [6.07, 6.45) is 1.53. The van der Waals surface area contributed by atoms with Crippen LogP contribution in [0.5, 0.6) is 5.75 Å². The molecular weight excluding hydrogens is 308 g/mol. The van der Waals surface area contributed by atoms with Gasteiger partial charge < -0.3 is 4.74 Å². The maximum atomic E-state index is 12.4. The average Bonchev–Trinajstić information content (AvgIpc) is 2.68.